The van der Waals surface area contributed by atoms with Gasteiger partial charge in [-0.25, -0.2) is 4.68 Å². The van der Waals surface area contributed by atoms with Crippen LogP contribution in [0.2, 0.25) is 0 Å². The molecule has 1 saturated heterocycles. The minimum atomic E-state index is -0.0968. The minimum Gasteiger partial charge on any atom is -0.338 e. The zero-order valence-electron chi connectivity index (χ0n) is 14.3. The highest BCUT2D eigenvalue weighted by Gasteiger charge is 2.34. The highest BCUT2D eigenvalue weighted by Crippen LogP contribution is 2.30. The molecule has 0 aromatic carbocycles. The monoisotopic (exact) mass is 357 g/mol. The van der Waals surface area contributed by atoms with E-state index in [1.807, 2.05) is 22.4 Å². The maximum atomic E-state index is 12.8. The molecule has 3 heterocycles. The van der Waals surface area contributed by atoms with Gasteiger partial charge in [0.15, 0.2) is 0 Å². The fraction of sp³-hybridized carbons (Fsp3) is 0.526. The van der Waals surface area contributed by atoms with E-state index < -0.39 is 0 Å². The van der Waals surface area contributed by atoms with Crippen molar-refractivity contribution in [3.8, 4) is 10.6 Å². The van der Waals surface area contributed by atoms with Crippen LogP contribution in [0.25, 0.3) is 10.6 Å². The van der Waals surface area contributed by atoms with Crippen molar-refractivity contribution in [1.29, 1.82) is 0 Å². The Hall–Kier alpha value is -1.95. The van der Waals surface area contributed by atoms with Gasteiger partial charge in [0.1, 0.15) is 5.69 Å². The summed E-state index contributed by atoms with van der Waals surface area (Å²) in [6.45, 7) is 1.32. The van der Waals surface area contributed by atoms with E-state index in [1.165, 1.54) is 12.8 Å². The van der Waals surface area contributed by atoms with Crippen LogP contribution in [0.5, 0.6) is 0 Å². The molecule has 5 nitrogen and oxygen atoms in total. The Morgan fingerprint density at radius 3 is 2.76 bits per heavy atom. The van der Waals surface area contributed by atoms with Gasteiger partial charge in [-0.1, -0.05) is 18.9 Å². The van der Waals surface area contributed by atoms with Gasteiger partial charge in [0, 0.05) is 18.5 Å². The van der Waals surface area contributed by atoms with Gasteiger partial charge >= 0.3 is 0 Å². The molecule has 1 aliphatic carbocycles. The lowest BCUT2D eigenvalue weighted by molar-refractivity contribution is -0.136. The molecule has 1 amide bonds. The van der Waals surface area contributed by atoms with Gasteiger partial charge < -0.3 is 4.90 Å². The molecule has 2 fully saturated rings. The van der Waals surface area contributed by atoms with Gasteiger partial charge in [0.25, 0.3) is 5.56 Å². The van der Waals surface area contributed by atoms with E-state index in [2.05, 4.69) is 5.10 Å². The average Bonchev–Trinajstić information content (AvgIpc) is 3.38. The highest BCUT2D eigenvalue weighted by molar-refractivity contribution is 7.13. The fourth-order valence-corrected chi connectivity index (χ4v) is 4.75. The topological polar surface area (TPSA) is 55.2 Å². The van der Waals surface area contributed by atoms with Crippen LogP contribution in [0.3, 0.4) is 0 Å². The van der Waals surface area contributed by atoms with Crippen molar-refractivity contribution in [3.05, 3.63) is 40.0 Å². The maximum Gasteiger partial charge on any atom is 0.266 e. The molecule has 132 valence electrons. The number of nitrogens with zero attached hydrogens (tertiary/aromatic N) is 3. The summed E-state index contributed by atoms with van der Waals surface area (Å²) in [5.41, 5.74) is 0.724. The molecule has 0 radical (unpaired) electrons. The molecule has 0 bridgehead atoms. The van der Waals surface area contributed by atoms with Crippen molar-refractivity contribution >= 4 is 17.2 Å². The Morgan fingerprint density at radius 2 is 2.00 bits per heavy atom. The maximum absolute atomic E-state index is 12.8. The number of carbonyl (C=O) groups excluding carboxylic acids is 1. The van der Waals surface area contributed by atoms with Crippen molar-refractivity contribution in [2.75, 3.05) is 6.54 Å². The third kappa shape index (κ3) is 3.40. The summed E-state index contributed by atoms with van der Waals surface area (Å²) in [5.74, 6) is 0.491. The van der Waals surface area contributed by atoms with E-state index in [0.717, 1.165) is 42.8 Å². The van der Waals surface area contributed by atoms with Crippen LogP contribution in [0.15, 0.2) is 34.4 Å². The number of aromatic nitrogens is 2. The second-order valence-electron chi connectivity index (χ2n) is 7.03. The number of hydrogen-bond acceptors (Lipinski definition) is 4. The van der Waals surface area contributed by atoms with Gasteiger partial charge in [-0.15, -0.1) is 11.3 Å². The number of hydrogen-bond donors (Lipinski definition) is 0. The van der Waals surface area contributed by atoms with Crippen molar-refractivity contribution in [2.24, 2.45) is 5.92 Å². The summed E-state index contributed by atoms with van der Waals surface area (Å²) in [7, 11) is 0. The molecule has 0 N–H and O–H groups in total. The van der Waals surface area contributed by atoms with Gasteiger partial charge in [-0.05, 0) is 43.2 Å². The molecule has 1 saturated carbocycles. The van der Waals surface area contributed by atoms with E-state index in [4.69, 9.17) is 0 Å². The standard InChI is InChI=1S/C19H23N3O2S/c23-18-10-9-16(17-8-4-12-25-17)20-22(18)13-15-7-3-11-21(15)19(24)14-5-1-2-6-14/h4,8-10,12,14-15H,1-3,5-7,11,13H2/t15-/m1/s1. The van der Waals surface area contributed by atoms with Gasteiger partial charge in [-0.3, -0.25) is 9.59 Å². The first-order chi connectivity index (χ1) is 12.2. The van der Waals surface area contributed by atoms with Crippen molar-refractivity contribution in [1.82, 2.24) is 14.7 Å². The number of likely N-dealkylation sites (tertiary alicyclic amines) is 1. The molecule has 0 spiro atoms. The SMILES string of the molecule is O=C(C1CCCC1)N1CCC[C@@H]1Cn1nc(-c2cccs2)ccc1=O. The average molecular weight is 357 g/mol. The molecule has 2 aliphatic rings. The molecular weight excluding hydrogens is 334 g/mol. The second kappa shape index (κ2) is 7.12. The largest absolute Gasteiger partial charge is 0.338 e. The van der Waals surface area contributed by atoms with Crippen LogP contribution < -0.4 is 5.56 Å². The normalized spacial score (nSPS) is 21.1. The zero-order chi connectivity index (χ0) is 17.2. The lowest BCUT2D eigenvalue weighted by Crippen LogP contribution is -2.42. The van der Waals surface area contributed by atoms with Crippen LogP contribution in [0.4, 0.5) is 0 Å². The summed E-state index contributed by atoms with van der Waals surface area (Å²) in [6, 6.07) is 7.45. The Bertz CT molecular complexity index is 793. The first-order valence-corrected chi connectivity index (χ1v) is 10.0. The summed E-state index contributed by atoms with van der Waals surface area (Å²) >= 11 is 1.61. The molecular formula is C19H23N3O2S. The summed E-state index contributed by atoms with van der Waals surface area (Å²) < 4.78 is 1.54. The Morgan fingerprint density at radius 1 is 1.16 bits per heavy atom. The third-order valence-electron chi connectivity index (χ3n) is 5.39. The fourth-order valence-electron chi connectivity index (χ4n) is 4.06. The number of thiophene rings is 1. The predicted molar refractivity (Wildman–Crippen MR) is 98.5 cm³/mol. The van der Waals surface area contributed by atoms with Gasteiger partial charge in [0.2, 0.25) is 5.91 Å². The predicted octanol–water partition coefficient (Wildman–Crippen LogP) is 3.15. The van der Waals surface area contributed by atoms with Crippen LogP contribution >= 0.6 is 11.3 Å². The highest BCUT2D eigenvalue weighted by atomic mass is 32.1. The van der Waals surface area contributed by atoms with Crippen molar-refractivity contribution in [3.63, 3.8) is 0 Å². The van der Waals surface area contributed by atoms with Gasteiger partial charge in [-0.2, -0.15) is 5.10 Å². The lowest BCUT2D eigenvalue weighted by atomic mass is 10.1. The van der Waals surface area contributed by atoms with Crippen LogP contribution in [0, 0.1) is 5.92 Å². The van der Waals surface area contributed by atoms with Crippen molar-refractivity contribution in [2.45, 2.75) is 51.1 Å². The molecule has 25 heavy (non-hydrogen) atoms. The first-order valence-electron chi connectivity index (χ1n) is 9.15. The number of amides is 1. The molecule has 6 heteroatoms. The Balaban J connectivity index is 1.53. The number of rotatable bonds is 4. The summed E-state index contributed by atoms with van der Waals surface area (Å²) in [5, 5.41) is 6.55. The molecule has 4 rings (SSSR count). The van der Waals surface area contributed by atoms with E-state index in [-0.39, 0.29) is 17.5 Å². The Labute approximate surface area is 151 Å². The minimum absolute atomic E-state index is 0.0943. The summed E-state index contributed by atoms with van der Waals surface area (Å²) in [4.78, 5) is 28.1. The third-order valence-corrected chi connectivity index (χ3v) is 6.28. The van der Waals surface area contributed by atoms with Crippen molar-refractivity contribution < 1.29 is 4.79 Å². The second-order valence-corrected chi connectivity index (χ2v) is 7.97. The van der Waals surface area contributed by atoms with Gasteiger partial charge in [0.05, 0.1) is 17.5 Å². The quantitative estimate of drug-likeness (QED) is 0.845. The van der Waals surface area contributed by atoms with E-state index in [0.29, 0.717) is 12.5 Å². The van der Waals surface area contributed by atoms with Crippen LogP contribution in [-0.2, 0) is 11.3 Å². The van der Waals surface area contributed by atoms with E-state index in [1.54, 1.807) is 28.2 Å². The number of carbonyl (C=O) groups is 1. The smallest absolute Gasteiger partial charge is 0.266 e. The molecule has 2 aromatic rings. The first kappa shape index (κ1) is 16.5. The molecule has 1 aliphatic heterocycles. The zero-order valence-corrected chi connectivity index (χ0v) is 15.1. The Kier molecular flexibility index (Phi) is 4.70. The molecule has 1 atom stereocenters. The van der Waals surface area contributed by atoms with E-state index in [9.17, 15) is 9.59 Å². The molecule has 0 unspecified atom stereocenters. The van der Waals surface area contributed by atoms with Crippen LogP contribution in [-0.4, -0.2) is 33.2 Å². The summed E-state index contributed by atoms with van der Waals surface area (Å²) in [6.07, 6.45) is 6.35. The lowest BCUT2D eigenvalue weighted by Gasteiger charge is -2.27. The van der Waals surface area contributed by atoms with E-state index >= 15 is 0 Å². The molecule has 2 aromatic heterocycles. The van der Waals surface area contributed by atoms with Crippen LogP contribution in [0.1, 0.15) is 38.5 Å².